The van der Waals surface area contributed by atoms with Gasteiger partial charge in [0.05, 0.1) is 6.04 Å². The molecule has 88 valence electrons. The minimum absolute atomic E-state index is 0.00862. The molecule has 2 rings (SSSR count). The van der Waals surface area contributed by atoms with Gasteiger partial charge in [0.2, 0.25) is 0 Å². The number of hydrogen-bond acceptors (Lipinski definition) is 3. The van der Waals surface area contributed by atoms with Crippen LogP contribution in [-0.2, 0) is 4.79 Å². The first kappa shape index (κ1) is 12.3. The average Bonchev–Trinajstić information content (AvgIpc) is 2.28. The van der Waals surface area contributed by atoms with Crippen molar-refractivity contribution in [3.8, 4) is 0 Å². The van der Waals surface area contributed by atoms with Gasteiger partial charge in [-0.05, 0) is 47.2 Å². The summed E-state index contributed by atoms with van der Waals surface area (Å²) < 4.78 is 0.927. The molecule has 0 radical (unpaired) electrons. The molecule has 1 aliphatic heterocycles. The Morgan fingerprint density at radius 2 is 2.24 bits per heavy atom. The summed E-state index contributed by atoms with van der Waals surface area (Å²) >= 11 is 2.15. The highest BCUT2D eigenvalue weighted by Crippen LogP contribution is 2.20. The second-order valence-electron chi connectivity index (χ2n) is 4.02. The van der Waals surface area contributed by atoms with E-state index in [2.05, 4.69) is 27.9 Å². The van der Waals surface area contributed by atoms with Crippen LogP contribution in [0.3, 0.4) is 0 Å². The van der Waals surface area contributed by atoms with Crippen LogP contribution in [0.25, 0.3) is 0 Å². The minimum Gasteiger partial charge on any atom is -0.380 e. The largest absolute Gasteiger partial charge is 0.380 e. The summed E-state index contributed by atoms with van der Waals surface area (Å²) in [5, 5.41) is 2.95. The fourth-order valence-electron chi connectivity index (χ4n) is 1.87. The van der Waals surface area contributed by atoms with Crippen molar-refractivity contribution in [3.05, 3.63) is 45.2 Å². The smallest absolute Gasteiger partial charge is 0.186 e. The fraction of sp³-hybridized carbons (Fsp3) is 0.231. The lowest BCUT2D eigenvalue weighted by Gasteiger charge is -2.19. The quantitative estimate of drug-likeness (QED) is 0.663. The Bertz CT molecular complexity index is 488. The predicted molar refractivity (Wildman–Crippen MR) is 73.9 cm³/mol. The van der Waals surface area contributed by atoms with Crippen molar-refractivity contribution in [2.24, 2.45) is 0 Å². The number of allylic oxidation sites excluding steroid dienone is 1. The average molecular weight is 341 g/mol. The molecule has 1 aromatic rings. The van der Waals surface area contributed by atoms with E-state index < -0.39 is 6.04 Å². The van der Waals surface area contributed by atoms with Crippen molar-refractivity contribution in [2.75, 3.05) is 0 Å². The Kier molecular flexibility index (Phi) is 3.61. The first-order valence-electron chi connectivity index (χ1n) is 5.34. The maximum absolute atomic E-state index is 12.3. The van der Waals surface area contributed by atoms with Crippen molar-refractivity contribution < 1.29 is 9.59 Å². The SMILES string of the molecule is Cc1cccc(I)c1C(=O)C1CC(=O)C=CN1. The van der Waals surface area contributed by atoms with Crippen LogP contribution >= 0.6 is 22.6 Å². The highest BCUT2D eigenvalue weighted by molar-refractivity contribution is 14.1. The summed E-state index contributed by atoms with van der Waals surface area (Å²) in [4.78, 5) is 23.6. The molecular formula is C13H12INO2. The minimum atomic E-state index is -0.429. The number of Topliss-reactive ketones (excluding diaryl/α,β-unsaturated/α-hetero) is 1. The van der Waals surface area contributed by atoms with Crippen molar-refractivity contribution in [1.82, 2.24) is 5.32 Å². The van der Waals surface area contributed by atoms with Crippen molar-refractivity contribution in [1.29, 1.82) is 0 Å². The highest BCUT2D eigenvalue weighted by atomic mass is 127. The zero-order valence-electron chi connectivity index (χ0n) is 9.37. The van der Waals surface area contributed by atoms with Crippen LogP contribution in [0.2, 0.25) is 0 Å². The molecule has 0 spiro atoms. The summed E-state index contributed by atoms with van der Waals surface area (Å²) in [6.45, 7) is 1.91. The Morgan fingerprint density at radius 1 is 1.47 bits per heavy atom. The van der Waals surface area contributed by atoms with E-state index >= 15 is 0 Å². The summed E-state index contributed by atoms with van der Waals surface area (Å²) in [6.07, 6.45) is 3.26. The number of ketones is 2. The Labute approximate surface area is 113 Å². The lowest BCUT2D eigenvalue weighted by Crippen LogP contribution is -2.38. The van der Waals surface area contributed by atoms with Gasteiger partial charge < -0.3 is 5.32 Å². The van der Waals surface area contributed by atoms with Gasteiger partial charge >= 0.3 is 0 Å². The van der Waals surface area contributed by atoms with Gasteiger partial charge in [0.15, 0.2) is 11.6 Å². The number of hydrogen-bond donors (Lipinski definition) is 1. The summed E-state index contributed by atoms with van der Waals surface area (Å²) in [5.41, 5.74) is 1.67. The van der Waals surface area contributed by atoms with Crippen molar-refractivity contribution >= 4 is 34.2 Å². The summed E-state index contributed by atoms with van der Waals surface area (Å²) in [5.74, 6) is -0.0177. The number of nitrogens with one attached hydrogen (secondary N) is 1. The lowest BCUT2D eigenvalue weighted by molar-refractivity contribution is -0.115. The standard InChI is InChI=1S/C13H12INO2/c1-8-3-2-4-10(14)12(8)13(17)11-7-9(16)5-6-15-11/h2-6,11,15H,7H2,1H3. The van der Waals surface area contributed by atoms with Gasteiger partial charge in [-0.1, -0.05) is 12.1 Å². The monoisotopic (exact) mass is 341 g/mol. The lowest BCUT2D eigenvalue weighted by atomic mass is 9.95. The van der Waals surface area contributed by atoms with Crippen LogP contribution < -0.4 is 5.32 Å². The zero-order valence-corrected chi connectivity index (χ0v) is 11.5. The van der Waals surface area contributed by atoms with Crippen LogP contribution in [0.4, 0.5) is 0 Å². The van der Waals surface area contributed by atoms with E-state index in [1.165, 1.54) is 6.08 Å². The fourth-order valence-corrected chi connectivity index (χ4v) is 2.77. The topological polar surface area (TPSA) is 46.2 Å². The third kappa shape index (κ3) is 2.57. The molecule has 1 unspecified atom stereocenters. The van der Waals surface area contributed by atoms with E-state index in [1.54, 1.807) is 6.20 Å². The molecule has 1 N–H and O–H groups in total. The van der Waals surface area contributed by atoms with E-state index in [-0.39, 0.29) is 18.0 Å². The molecule has 0 aliphatic carbocycles. The van der Waals surface area contributed by atoms with E-state index in [1.807, 2.05) is 25.1 Å². The molecular weight excluding hydrogens is 329 g/mol. The van der Waals surface area contributed by atoms with Crippen LogP contribution in [0.5, 0.6) is 0 Å². The molecule has 0 amide bonds. The van der Waals surface area contributed by atoms with Gasteiger partial charge in [0, 0.05) is 21.8 Å². The van der Waals surface area contributed by atoms with Gasteiger partial charge in [0.1, 0.15) is 0 Å². The molecule has 0 bridgehead atoms. The molecule has 0 saturated heterocycles. The van der Waals surface area contributed by atoms with E-state index in [0.29, 0.717) is 5.56 Å². The van der Waals surface area contributed by atoms with Crippen molar-refractivity contribution in [3.63, 3.8) is 0 Å². The third-order valence-electron chi connectivity index (χ3n) is 2.76. The molecule has 0 fully saturated rings. The first-order chi connectivity index (χ1) is 8.09. The number of benzene rings is 1. The number of carbonyl (C=O) groups is 2. The van der Waals surface area contributed by atoms with Gasteiger partial charge in [-0.3, -0.25) is 9.59 Å². The molecule has 4 heteroatoms. The molecule has 0 aromatic heterocycles. The molecule has 1 aromatic carbocycles. The maximum Gasteiger partial charge on any atom is 0.186 e. The first-order valence-corrected chi connectivity index (χ1v) is 6.42. The Morgan fingerprint density at radius 3 is 2.88 bits per heavy atom. The molecule has 0 saturated carbocycles. The summed E-state index contributed by atoms with van der Waals surface area (Å²) in [7, 11) is 0. The van der Waals surface area contributed by atoms with Gasteiger partial charge in [-0.25, -0.2) is 0 Å². The molecule has 1 aliphatic rings. The van der Waals surface area contributed by atoms with Crippen LogP contribution in [0, 0.1) is 10.5 Å². The van der Waals surface area contributed by atoms with Crippen LogP contribution in [0.1, 0.15) is 22.3 Å². The molecule has 3 nitrogen and oxygen atoms in total. The third-order valence-corrected chi connectivity index (χ3v) is 3.66. The number of halogens is 1. The Hall–Kier alpha value is -1.17. The number of carbonyl (C=O) groups excluding carboxylic acids is 2. The maximum atomic E-state index is 12.3. The predicted octanol–water partition coefficient (Wildman–Crippen LogP) is 2.23. The summed E-state index contributed by atoms with van der Waals surface area (Å²) in [6, 6.07) is 5.31. The van der Waals surface area contributed by atoms with E-state index in [9.17, 15) is 9.59 Å². The number of rotatable bonds is 2. The molecule has 1 atom stereocenters. The molecule has 1 heterocycles. The van der Waals surface area contributed by atoms with E-state index in [4.69, 9.17) is 0 Å². The second-order valence-corrected chi connectivity index (χ2v) is 5.18. The van der Waals surface area contributed by atoms with Gasteiger partial charge in [-0.15, -0.1) is 0 Å². The van der Waals surface area contributed by atoms with Crippen LogP contribution in [0.15, 0.2) is 30.5 Å². The van der Waals surface area contributed by atoms with E-state index in [0.717, 1.165) is 9.13 Å². The van der Waals surface area contributed by atoms with Crippen molar-refractivity contribution in [2.45, 2.75) is 19.4 Å². The van der Waals surface area contributed by atoms with Gasteiger partial charge in [-0.2, -0.15) is 0 Å². The number of aryl methyl sites for hydroxylation is 1. The second kappa shape index (κ2) is 5.00. The molecule has 17 heavy (non-hydrogen) atoms. The normalized spacial score (nSPS) is 18.9. The van der Waals surface area contributed by atoms with Gasteiger partial charge in [0.25, 0.3) is 0 Å². The zero-order chi connectivity index (χ0) is 12.4. The Balaban J connectivity index is 2.31. The van der Waals surface area contributed by atoms with Crippen LogP contribution in [-0.4, -0.2) is 17.6 Å². The highest BCUT2D eigenvalue weighted by Gasteiger charge is 2.25.